The second kappa shape index (κ2) is 5.66. The zero-order valence-corrected chi connectivity index (χ0v) is 12.9. The highest BCUT2D eigenvalue weighted by atomic mass is 32.1. The summed E-state index contributed by atoms with van der Waals surface area (Å²) in [6.07, 6.45) is 1.10. The van der Waals surface area contributed by atoms with Crippen molar-refractivity contribution in [2.45, 2.75) is 25.4 Å². The van der Waals surface area contributed by atoms with Crippen LogP contribution in [-0.2, 0) is 9.53 Å². The molecule has 2 aromatic rings. The Morgan fingerprint density at radius 3 is 3.00 bits per heavy atom. The third kappa shape index (κ3) is 2.69. The first-order valence-electron chi connectivity index (χ1n) is 7.03. The summed E-state index contributed by atoms with van der Waals surface area (Å²) in [5.41, 5.74) is -0.0479. The summed E-state index contributed by atoms with van der Waals surface area (Å²) in [6, 6.07) is 5.29. The van der Waals surface area contributed by atoms with Gasteiger partial charge in [0.15, 0.2) is 5.60 Å². The Hall–Kier alpha value is -1.99. The van der Waals surface area contributed by atoms with Gasteiger partial charge in [-0.1, -0.05) is 0 Å². The maximum absolute atomic E-state index is 12.2. The predicted octanol–water partition coefficient (Wildman–Crippen LogP) is 1.97. The van der Waals surface area contributed by atoms with E-state index < -0.39 is 11.6 Å². The first-order chi connectivity index (χ1) is 10.5. The predicted molar refractivity (Wildman–Crippen MR) is 82.2 cm³/mol. The molecule has 1 aromatic carbocycles. The number of benzene rings is 1. The SMILES string of the molecule is Cc1nc2cc(C(=O)NCC3(C(=O)O)CCCO3)ccc2s1. The minimum absolute atomic E-state index is 0.0324. The lowest BCUT2D eigenvalue weighted by atomic mass is 10.0. The zero-order chi connectivity index (χ0) is 15.7. The average molecular weight is 320 g/mol. The number of carboxylic acids is 1. The molecule has 2 N–H and O–H groups in total. The van der Waals surface area contributed by atoms with Crippen molar-refractivity contribution in [3.05, 3.63) is 28.8 Å². The van der Waals surface area contributed by atoms with Gasteiger partial charge in [0.25, 0.3) is 5.91 Å². The third-order valence-electron chi connectivity index (χ3n) is 3.78. The molecule has 0 spiro atoms. The van der Waals surface area contributed by atoms with Gasteiger partial charge in [0.1, 0.15) is 0 Å². The highest BCUT2D eigenvalue weighted by molar-refractivity contribution is 7.18. The molecule has 1 atom stereocenters. The number of carboxylic acid groups (broad SMARTS) is 1. The van der Waals surface area contributed by atoms with Gasteiger partial charge in [0, 0.05) is 12.2 Å². The number of carbonyl (C=O) groups is 2. The van der Waals surface area contributed by atoms with Crippen LogP contribution in [0.25, 0.3) is 10.2 Å². The Morgan fingerprint density at radius 2 is 2.32 bits per heavy atom. The van der Waals surface area contributed by atoms with E-state index in [0.29, 0.717) is 25.0 Å². The summed E-state index contributed by atoms with van der Waals surface area (Å²) >= 11 is 1.57. The van der Waals surface area contributed by atoms with Crippen LogP contribution in [0.1, 0.15) is 28.2 Å². The number of nitrogens with zero attached hydrogens (tertiary/aromatic N) is 1. The van der Waals surface area contributed by atoms with E-state index in [9.17, 15) is 14.7 Å². The van der Waals surface area contributed by atoms with E-state index in [4.69, 9.17) is 4.74 Å². The van der Waals surface area contributed by atoms with Crippen LogP contribution in [0.5, 0.6) is 0 Å². The lowest BCUT2D eigenvalue weighted by Crippen LogP contribution is -2.48. The van der Waals surface area contributed by atoms with Gasteiger partial charge in [0.05, 0.1) is 21.8 Å². The number of hydrogen-bond acceptors (Lipinski definition) is 5. The summed E-state index contributed by atoms with van der Waals surface area (Å²) in [4.78, 5) is 28.0. The highest BCUT2D eigenvalue weighted by Gasteiger charge is 2.43. The standard InChI is InChI=1S/C15H16N2O4S/c1-9-17-11-7-10(3-4-12(11)22-9)13(18)16-8-15(14(19)20)5-2-6-21-15/h3-4,7H,2,5-6,8H2,1H3,(H,16,18)(H,19,20). The number of hydrogen-bond donors (Lipinski definition) is 2. The number of fused-ring (bicyclic) bond motifs is 1. The van der Waals surface area contributed by atoms with Crippen molar-refractivity contribution in [2.24, 2.45) is 0 Å². The first-order valence-corrected chi connectivity index (χ1v) is 7.85. The number of nitrogens with one attached hydrogen (secondary N) is 1. The topological polar surface area (TPSA) is 88.5 Å². The van der Waals surface area contributed by atoms with Crippen LogP contribution < -0.4 is 5.32 Å². The van der Waals surface area contributed by atoms with Gasteiger partial charge < -0.3 is 15.2 Å². The monoisotopic (exact) mass is 320 g/mol. The van der Waals surface area contributed by atoms with Crippen molar-refractivity contribution >= 4 is 33.4 Å². The Morgan fingerprint density at radius 1 is 1.50 bits per heavy atom. The second-order valence-corrected chi connectivity index (χ2v) is 6.58. The quantitative estimate of drug-likeness (QED) is 0.899. The number of aryl methyl sites for hydroxylation is 1. The highest BCUT2D eigenvalue weighted by Crippen LogP contribution is 2.26. The Balaban J connectivity index is 1.74. The van der Waals surface area contributed by atoms with E-state index in [-0.39, 0.29) is 12.5 Å². The van der Waals surface area contributed by atoms with E-state index in [0.717, 1.165) is 15.2 Å². The second-order valence-electron chi connectivity index (χ2n) is 5.35. The molecule has 1 aromatic heterocycles. The van der Waals surface area contributed by atoms with Gasteiger partial charge in [0.2, 0.25) is 0 Å². The maximum atomic E-state index is 12.2. The normalized spacial score (nSPS) is 21.1. The number of aliphatic carboxylic acids is 1. The van der Waals surface area contributed by atoms with Gasteiger partial charge in [-0.25, -0.2) is 9.78 Å². The number of rotatable bonds is 4. The minimum atomic E-state index is -1.29. The Kier molecular flexibility index (Phi) is 3.84. The van der Waals surface area contributed by atoms with E-state index in [1.54, 1.807) is 23.5 Å². The van der Waals surface area contributed by atoms with Crippen molar-refractivity contribution in [3.63, 3.8) is 0 Å². The largest absolute Gasteiger partial charge is 0.479 e. The molecule has 0 aliphatic carbocycles. The van der Waals surface area contributed by atoms with Crippen molar-refractivity contribution < 1.29 is 19.4 Å². The lowest BCUT2D eigenvalue weighted by Gasteiger charge is -2.23. The van der Waals surface area contributed by atoms with Crippen molar-refractivity contribution in [2.75, 3.05) is 13.2 Å². The van der Waals surface area contributed by atoms with Crippen LogP contribution in [0.4, 0.5) is 0 Å². The van der Waals surface area contributed by atoms with E-state index in [1.165, 1.54) is 0 Å². The third-order valence-corrected chi connectivity index (χ3v) is 4.74. The number of thiazole rings is 1. The molecule has 2 heterocycles. The molecule has 6 nitrogen and oxygen atoms in total. The number of aromatic nitrogens is 1. The van der Waals surface area contributed by atoms with Crippen LogP contribution in [0.3, 0.4) is 0 Å². The van der Waals surface area contributed by atoms with Gasteiger partial charge >= 0.3 is 5.97 Å². The molecule has 116 valence electrons. The van der Waals surface area contributed by atoms with Gasteiger partial charge in [-0.15, -0.1) is 11.3 Å². The summed E-state index contributed by atoms with van der Waals surface area (Å²) in [5.74, 6) is -1.35. The van der Waals surface area contributed by atoms with Gasteiger partial charge in [-0.2, -0.15) is 0 Å². The fraction of sp³-hybridized carbons (Fsp3) is 0.400. The molecule has 1 unspecified atom stereocenters. The van der Waals surface area contributed by atoms with Crippen molar-refractivity contribution in [3.8, 4) is 0 Å². The molecule has 1 saturated heterocycles. The summed E-state index contributed by atoms with van der Waals surface area (Å²) in [5, 5.41) is 12.9. The van der Waals surface area contributed by atoms with Gasteiger partial charge in [-0.05, 0) is 38.0 Å². The minimum Gasteiger partial charge on any atom is -0.479 e. The zero-order valence-electron chi connectivity index (χ0n) is 12.1. The van der Waals surface area contributed by atoms with Crippen LogP contribution in [-0.4, -0.2) is 40.7 Å². The molecule has 1 aliphatic rings. The van der Waals surface area contributed by atoms with Crippen LogP contribution in [0.2, 0.25) is 0 Å². The Labute approximate surface area is 131 Å². The lowest BCUT2D eigenvalue weighted by molar-refractivity contribution is -0.159. The van der Waals surface area contributed by atoms with Crippen LogP contribution in [0.15, 0.2) is 18.2 Å². The average Bonchev–Trinajstić information content (AvgIpc) is 3.09. The van der Waals surface area contributed by atoms with E-state index in [2.05, 4.69) is 10.3 Å². The summed E-state index contributed by atoms with van der Waals surface area (Å²) in [7, 11) is 0. The fourth-order valence-corrected chi connectivity index (χ4v) is 3.40. The molecular formula is C15H16N2O4S. The van der Waals surface area contributed by atoms with Crippen molar-refractivity contribution in [1.29, 1.82) is 0 Å². The molecule has 0 radical (unpaired) electrons. The fourth-order valence-electron chi connectivity index (χ4n) is 2.59. The van der Waals surface area contributed by atoms with Gasteiger partial charge in [-0.3, -0.25) is 4.79 Å². The summed E-state index contributed by atoms with van der Waals surface area (Å²) in [6.45, 7) is 2.29. The molecule has 1 fully saturated rings. The Bertz CT molecular complexity index is 734. The number of carbonyl (C=O) groups excluding carboxylic acids is 1. The van der Waals surface area contributed by atoms with Crippen LogP contribution >= 0.6 is 11.3 Å². The smallest absolute Gasteiger partial charge is 0.337 e. The van der Waals surface area contributed by atoms with Crippen LogP contribution in [0, 0.1) is 6.92 Å². The van der Waals surface area contributed by atoms with Crippen molar-refractivity contribution in [1.82, 2.24) is 10.3 Å². The van der Waals surface area contributed by atoms with E-state index >= 15 is 0 Å². The molecule has 0 bridgehead atoms. The molecule has 1 aliphatic heterocycles. The number of ether oxygens (including phenoxy) is 1. The molecule has 1 amide bonds. The molecule has 0 saturated carbocycles. The molecule has 7 heteroatoms. The number of amides is 1. The summed E-state index contributed by atoms with van der Waals surface area (Å²) < 4.78 is 6.36. The van der Waals surface area contributed by atoms with E-state index in [1.807, 2.05) is 13.0 Å². The molecular weight excluding hydrogens is 304 g/mol. The maximum Gasteiger partial charge on any atom is 0.337 e. The molecule has 3 rings (SSSR count). The molecule has 22 heavy (non-hydrogen) atoms. The first kappa shape index (κ1) is 14.9.